The number of benzene rings is 3. The van der Waals surface area contributed by atoms with Crippen molar-refractivity contribution in [2.45, 2.75) is 50.5 Å². The summed E-state index contributed by atoms with van der Waals surface area (Å²) in [5, 5.41) is 6.14. The molecule has 5 aromatic rings. The average molecular weight is 652 g/mol. The van der Waals surface area contributed by atoms with Gasteiger partial charge in [0.25, 0.3) is 5.91 Å². The fourth-order valence-electron chi connectivity index (χ4n) is 5.89. The van der Waals surface area contributed by atoms with Crippen LogP contribution in [-0.4, -0.2) is 52.0 Å². The van der Waals surface area contributed by atoms with E-state index in [1.54, 1.807) is 24.7 Å². The van der Waals surface area contributed by atoms with Crippen molar-refractivity contribution in [3.63, 3.8) is 0 Å². The lowest BCUT2D eigenvalue weighted by Crippen LogP contribution is -2.34. The largest absolute Gasteiger partial charge is 0.436 e. The topological polar surface area (TPSA) is 129 Å². The molecule has 1 aliphatic heterocycles. The predicted molar refractivity (Wildman–Crippen MR) is 172 cm³/mol. The van der Waals surface area contributed by atoms with E-state index in [2.05, 4.69) is 20.6 Å². The van der Waals surface area contributed by atoms with E-state index in [9.17, 15) is 9.59 Å². The van der Waals surface area contributed by atoms with Crippen molar-refractivity contribution in [3.05, 3.63) is 123 Å². The summed E-state index contributed by atoms with van der Waals surface area (Å²) in [5.74, 6) is 0.369. The lowest BCUT2D eigenvalue weighted by atomic mass is 10.1. The normalized spacial score (nSPS) is 16.2. The summed E-state index contributed by atoms with van der Waals surface area (Å²) in [4.78, 5) is 42.2. The molecule has 1 N–H and O–H groups in total. The molecule has 240 valence electrons. The second-order valence-corrected chi connectivity index (χ2v) is 12.2. The van der Waals surface area contributed by atoms with Crippen LogP contribution < -0.4 is 5.48 Å². The molecule has 12 heteroatoms. The van der Waals surface area contributed by atoms with Crippen LogP contribution >= 0.6 is 11.3 Å². The molecule has 3 heterocycles. The zero-order valence-corrected chi connectivity index (χ0v) is 26.5. The van der Waals surface area contributed by atoms with Gasteiger partial charge in [0.2, 0.25) is 5.89 Å². The molecule has 47 heavy (non-hydrogen) atoms. The molecule has 0 saturated carbocycles. The Hall–Kier alpha value is -4.91. The van der Waals surface area contributed by atoms with Crippen molar-refractivity contribution in [3.8, 4) is 11.1 Å². The lowest BCUT2D eigenvalue weighted by Gasteiger charge is -2.26. The first-order valence-corrected chi connectivity index (χ1v) is 16.5. The summed E-state index contributed by atoms with van der Waals surface area (Å²) in [7, 11) is 1.67. The summed E-state index contributed by atoms with van der Waals surface area (Å²) >= 11 is 1.47. The number of rotatable bonds is 10. The minimum atomic E-state index is -0.614. The van der Waals surface area contributed by atoms with Crippen LogP contribution in [0, 0.1) is 0 Å². The minimum absolute atomic E-state index is 0.276. The van der Waals surface area contributed by atoms with Gasteiger partial charge in [-0.15, -0.1) is 11.3 Å². The Labute approximate surface area is 275 Å². The van der Waals surface area contributed by atoms with Gasteiger partial charge in [0.1, 0.15) is 6.04 Å². The van der Waals surface area contributed by atoms with Gasteiger partial charge < -0.3 is 14.0 Å². The standard InChI is InChI=1S/C35H33N5O6S/c1-40(35(42)44-32-27-10-4-2-8-25(27)26-9-3-5-11-28(26)32)29(19-24-20-47-21-36-24)34-37-30(38-46-34)18-22-13-15-23(16-14-22)33(41)39-45-31-12-6-7-17-43-31/h2-5,8-11,13-16,20-21,29,31-32H,6-7,12,17-19H2,1H3,(H,39,41). The molecule has 7 rings (SSSR count). The Morgan fingerprint density at radius 2 is 1.77 bits per heavy atom. The molecular weight excluding hydrogens is 618 g/mol. The highest BCUT2D eigenvalue weighted by Gasteiger charge is 2.35. The Bertz CT molecular complexity index is 1790. The molecule has 1 fully saturated rings. The number of carbonyl (C=O) groups is 2. The maximum Gasteiger partial charge on any atom is 0.411 e. The predicted octanol–water partition coefficient (Wildman–Crippen LogP) is 6.43. The van der Waals surface area contributed by atoms with Gasteiger partial charge in [0.05, 0.1) is 11.2 Å². The van der Waals surface area contributed by atoms with Crippen molar-refractivity contribution < 1.29 is 28.4 Å². The van der Waals surface area contributed by atoms with Gasteiger partial charge in [-0.1, -0.05) is 65.8 Å². The van der Waals surface area contributed by atoms with Gasteiger partial charge in [-0.05, 0) is 41.7 Å². The number of thiazole rings is 1. The molecule has 2 unspecified atom stereocenters. The van der Waals surface area contributed by atoms with E-state index in [4.69, 9.17) is 18.8 Å². The first-order chi connectivity index (χ1) is 23.0. The quantitative estimate of drug-likeness (QED) is 0.170. The molecular formula is C35H33N5O6S. The van der Waals surface area contributed by atoms with Crippen molar-refractivity contribution in [2.24, 2.45) is 0 Å². The zero-order chi connectivity index (χ0) is 32.2. The first-order valence-electron chi connectivity index (χ1n) is 15.5. The summed E-state index contributed by atoms with van der Waals surface area (Å²) < 4.78 is 17.4. The molecule has 3 aromatic carbocycles. The Morgan fingerprint density at radius 1 is 1.02 bits per heavy atom. The summed E-state index contributed by atoms with van der Waals surface area (Å²) in [6.45, 7) is 0.628. The van der Waals surface area contributed by atoms with E-state index < -0.39 is 24.5 Å². The second kappa shape index (κ2) is 13.8. The number of likely N-dealkylation sites (N-methyl/N-ethyl adjacent to an activating group) is 1. The number of carbonyl (C=O) groups excluding carboxylic acids is 2. The van der Waals surface area contributed by atoms with Crippen LogP contribution in [0.15, 0.2) is 88.2 Å². The van der Waals surface area contributed by atoms with Crippen molar-refractivity contribution in [1.82, 2.24) is 25.5 Å². The minimum Gasteiger partial charge on any atom is -0.436 e. The molecule has 1 aliphatic carbocycles. The van der Waals surface area contributed by atoms with Crippen molar-refractivity contribution in [2.75, 3.05) is 13.7 Å². The zero-order valence-electron chi connectivity index (χ0n) is 25.7. The highest BCUT2D eigenvalue weighted by Crippen LogP contribution is 2.45. The molecule has 2 atom stereocenters. The first kappa shape index (κ1) is 30.7. The SMILES string of the molecule is CN(C(=O)OC1c2ccccc2-c2ccccc21)C(Cc1cscn1)c1nc(Cc2ccc(C(=O)NOC3CCCCO3)cc2)no1. The number of aromatic nitrogens is 3. The van der Waals surface area contributed by atoms with Gasteiger partial charge in [-0.25, -0.2) is 20.1 Å². The molecule has 0 spiro atoms. The summed E-state index contributed by atoms with van der Waals surface area (Å²) in [6.07, 6.45) is 2.01. The molecule has 2 aliphatic rings. The van der Waals surface area contributed by atoms with Gasteiger partial charge in [-0.3, -0.25) is 9.69 Å². The molecule has 11 nitrogen and oxygen atoms in total. The smallest absolute Gasteiger partial charge is 0.411 e. The third-order valence-corrected chi connectivity index (χ3v) is 9.04. The average Bonchev–Trinajstić information content (AvgIpc) is 3.87. The summed E-state index contributed by atoms with van der Waals surface area (Å²) in [6, 6.07) is 22.4. The monoisotopic (exact) mass is 651 g/mol. The van der Waals surface area contributed by atoms with E-state index in [0.717, 1.165) is 52.8 Å². The number of nitrogens with one attached hydrogen (secondary N) is 1. The Morgan fingerprint density at radius 3 is 2.45 bits per heavy atom. The third-order valence-electron chi connectivity index (χ3n) is 8.41. The fourth-order valence-corrected chi connectivity index (χ4v) is 6.46. The van der Waals surface area contributed by atoms with Crippen LogP contribution in [0.2, 0.25) is 0 Å². The summed E-state index contributed by atoms with van der Waals surface area (Å²) in [5.41, 5.74) is 10.4. The van der Waals surface area contributed by atoms with Crippen LogP contribution in [0.4, 0.5) is 4.79 Å². The van der Waals surface area contributed by atoms with E-state index in [1.807, 2.05) is 66.0 Å². The fraction of sp³-hybridized carbons (Fsp3) is 0.286. The second-order valence-electron chi connectivity index (χ2n) is 11.5. The third kappa shape index (κ3) is 6.80. The van der Waals surface area contributed by atoms with Gasteiger partial charge in [0, 0.05) is 55.0 Å². The number of hydrogen-bond donors (Lipinski definition) is 1. The number of hydroxylamine groups is 1. The van der Waals surface area contributed by atoms with E-state index in [0.29, 0.717) is 30.8 Å². The van der Waals surface area contributed by atoms with Gasteiger partial charge >= 0.3 is 6.09 Å². The molecule has 0 bridgehead atoms. The number of fused-ring (bicyclic) bond motifs is 3. The van der Waals surface area contributed by atoms with Crippen LogP contribution in [0.3, 0.4) is 0 Å². The van der Waals surface area contributed by atoms with E-state index >= 15 is 0 Å². The molecule has 1 saturated heterocycles. The molecule has 2 aromatic heterocycles. The number of nitrogens with zero attached hydrogens (tertiary/aromatic N) is 4. The maximum atomic E-state index is 13.7. The Kier molecular flexibility index (Phi) is 9.05. The van der Waals surface area contributed by atoms with Crippen LogP contribution in [0.1, 0.15) is 75.9 Å². The maximum absolute atomic E-state index is 13.7. The highest BCUT2D eigenvalue weighted by molar-refractivity contribution is 7.07. The Balaban J connectivity index is 1.04. The number of ether oxygens (including phenoxy) is 2. The van der Waals surface area contributed by atoms with Crippen LogP contribution in [0.5, 0.6) is 0 Å². The number of hydrogen-bond acceptors (Lipinski definition) is 10. The van der Waals surface area contributed by atoms with Crippen LogP contribution in [-0.2, 0) is 27.2 Å². The van der Waals surface area contributed by atoms with E-state index in [1.165, 1.54) is 16.2 Å². The highest BCUT2D eigenvalue weighted by atomic mass is 32.1. The number of amides is 2. The molecule has 2 amide bonds. The van der Waals surface area contributed by atoms with Gasteiger partial charge in [-0.2, -0.15) is 4.98 Å². The lowest BCUT2D eigenvalue weighted by molar-refractivity contribution is -0.186. The molecule has 0 radical (unpaired) electrons. The van der Waals surface area contributed by atoms with E-state index in [-0.39, 0.29) is 11.8 Å². The van der Waals surface area contributed by atoms with Crippen molar-refractivity contribution in [1.29, 1.82) is 0 Å². The van der Waals surface area contributed by atoms with Gasteiger partial charge in [0.15, 0.2) is 18.2 Å². The van der Waals surface area contributed by atoms with Crippen LogP contribution in [0.25, 0.3) is 11.1 Å². The van der Waals surface area contributed by atoms with Crippen molar-refractivity contribution >= 4 is 23.3 Å².